The van der Waals surface area contributed by atoms with Crippen LogP contribution in [0.15, 0.2) is 42.6 Å². The number of carbonyl (C=O) groups is 3. The summed E-state index contributed by atoms with van der Waals surface area (Å²) in [7, 11) is 0. The van der Waals surface area contributed by atoms with Crippen molar-refractivity contribution in [2.24, 2.45) is 0 Å². The van der Waals surface area contributed by atoms with E-state index in [9.17, 15) is 23.2 Å². The molecule has 0 aliphatic heterocycles. The Morgan fingerprint density at radius 1 is 0.912 bits per heavy atom. The number of rotatable bonds is 5. The van der Waals surface area contributed by atoms with Crippen LogP contribution < -0.4 is 14.4 Å². The van der Waals surface area contributed by atoms with Crippen LogP contribution in [-0.2, 0) is 9.47 Å². The first-order chi connectivity index (χ1) is 15.7. The summed E-state index contributed by atoms with van der Waals surface area (Å²) in [6.45, 7) is 5.92. The number of halogens is 2. The lowest BCUT2D eigenvalue weighted by Crippen LogP contribution is -2.44. The Bertz CT molecular complexity index is 1000. The predicted molar refractivity (Wildman–Crippen MR) is 117 cm³/mol. The van der Waals surface area contributed by atoms with Crippen LogP contribution in [0.4, 0.5) is 24.2 Å². The number of nitrogens with zero attached hydrogens (tertiary/aromatic N) is 2. The number of para-hydroxylation sites is 1. The number of esters is 1. The normalized spacial score (nSPS) is 11.6. The quantitative estimate of drug-likeness (QED) is 0.404. The van der Waals surface area contributed by atoms with E-state index in [0.717, 1.165) is 12.3 Å². The van der Waals surface area contributed by atoms with E-state index in [1.165, 1.54) is 12.1 Å². The van der Waals surface area contributed by atoms with E-state index in [4.69, 9.17) is 14.2 Å². The van der Waals surface area contributed by atoms with Gasteiger partial charge in [0.05, 0.1) is 5.56 Å². The molecule has 0 N–H and O–H groups in total. The summed E-state index contributed by atoms with van der Waals surface area (Å²) in [5, 5.41) is 0. The summed E-state index contributed by atoms with van der Waals surface area (Å²) in [6, 6.07) is 8.89. The van der Waals surface area contributed by atoms with Crippen molar-refractivity contribution in [1.29, 1.82) is 0 Å². The number of amides is 2. The minimum atomic E-state index is -3.36. The molecular formula is C23H26F2N2O7. The fourth-order valence-corrected chi connectivity index (χ4v) is 2.42. The number of anilines is 1. The number of ether oxygens (including phenoxy) is 4. The molecule has 0 saturated heterocycles. The molecule has 2 rings (SSSR count). The molecule has 184 valence electrons. The van der Waals surface area contributed by atoms with E-state index in [2.05, 4.69) is 9.72 Å². The van der Waals surface area contributed by atoms with Gasteiger partial charge in [-0.15, -0.1) is 0 Å². The standard InChI is InChI=1S/C23H26F2N2O7/c1-22(2,3)33-20(29)27(21(30)34-23(4,5)6)17-16(32-19(24)25)12-14(13-26-17)18(28)31-15-10-8-7-9-11-15/h7-13,19H,1-6H3. The average molecular weight is 480 g/mol. The van der Waals surface area contributed by atoms with Gasteiger partial charge in [-0.2, -0.15) is 13.7 Å². The van der Waals surface area contributed by atoms with Crippen molar-refractivity contribution in [2.45, 2.75) is 59.4 Å². The van der Waals surface area contributed by atoms with Crippen molar-refractivity contribution in [3.8, 4) is 11.5 Å². The van der Waals surface area contributed by atoms with E-state index >= 15 is 0 Å². The van der Waals surface area contributed by atoms with Gasteiger partial charge in [-0.1, -0.05) is 18.2 Å². The van der Waals surface area contributed by atoms with Crippen LogP contribution >= 0.6 is 0 Å². The summed E-state index contributed by atoms with van der Waals surface area (Å²) >= 11 is 0. The Morgan fingerprint density at radius 3 is 1.91 bits per heavy atom. The Balaban J connectivity index is 2.51. The Hall–Kier alpha value is -3.76. The monoisotopic (exact) mass is 480 g/mol. The molecule has 1 heterocycles. The number of pyridine rings is 1. The topological polar surface area (TPSA) is 104 Å². The SMILES string of the molecule is CC(C)(C)OC(=O)N(C(=O)OC(C)(C)C)c1ncc(C(=O)Oc2ccccc2)cc1OC(F)F. The Kier molecular flexibility index (Phi) is 8.14. The van der Waals surface area contributed by atoms with Crippen molar-refractivity contribution < 1.29 is 42.1 Å². The molecule has 0 unspecified atom stereocenters. The van der Waals surface area contributed by atoms with Crippen LogP contribution in [0.3, 0.4) is 0 Å². The Morgan fingerprint density at radius 2 is 1.44 bits per heavy atom. The second-order valence-corrected chi connectivity index (χ2v) is 8.92. The van der Waals surface area contributed by atoms with Crippen molar-refractivity contribution in [1.82, 2.24) is 4.98 Å². The zero-order valence-corrected chi connectivity index (χ0v) is 19.6. The maximum atomic E-state index is 13.2. The first-order valence-electron chi connectivity index (χ1n) is 10.1. The molecule has 0 fully saturated rings. The molecule has 0 atom stereocenters. The molecule has 0 bridgehead atoms. The van der Waals surface area contributed by atoms with Crippen LogP contribution in [0.25, 0.3) is 0 Å². The molecule has 0 aliphatic rings. The van der Waals surface area contributed by atoms with Crippen molar-refractivity contribution in [3.63, 3.8) is 0 Å². The summed E-state index contributed by atoms with van der Waals surface area (Å²) in [5.74, 6) is -2.11. The van der Waals surface area contributed by atoms with E-state index in [-0.39, 0.29) is 11.3 Å². The maximum absolute atomic E-state index is 13.2. The van der Waals surface area contributed by atoms with E-state index in [1.807, 2.05) is 0 Å². The maximum Gasteiger partial charge on any atom is 0.425 e. The molecule has 0 radical (unpaired) electrons. The van der Waals surface area contributed by atoms with Crippen LogP contribution in [0.1, 0.15) is 51.9 Å². The fraction of sp³-hybridized carbons (Fsp3) is 0.391. The summed E-state index contributed by atoms with van der Waals surface area (Å²) in [6.07, 6.45) is -1.54. The van der Waals surface area contributed by atoms with Gasteiger partial charge in [-0.3, -0.25) is 0 Å². The molecule has 0 aliphatic carbocycles. The highest BCUT2D eigenvalue weighted by Gasteiger charge is 2.36. The minimum Gasteiger partial charge on any atom is -0.443 e. The Labute approximate surface area is 195 Å². The number of alkyl halides is 2. The summed E-state index contributed by atoms with van der Waals surface area (Å²) < 4.78 is 46.4. The van der Waals surface area contributed by atoms with Crippen molar-refractivity contribution >= 4 is 24.0 Å². The van der Waals surface area contributed by atoms with Gasteiger partial charge in [0, 0.05) is 12.3 Å². The van der Waals surface area contributed by atoms with E-state index < -0.39 is 47.5 Å². The van der Waals surface area contributed by atoms with Crippen LogP contribution in [0, 0.1) is 0 Å². The number of aromatic nitrogens is 1. The van der Waals surface area contributed by atoms with E-state index in [0.29, 0.717) is 4.90 Å². The van der Waals surface area contributed by atoms with Gasteiger partial charge >= 0.3 is 24.8 Å². The van der Waals surface area contributed by atoms with Gasteiger partial charge in [-0.25, -0.2) is 19.4 Å². The molecule has 2 amide bonds. The van der Waals surface area contributed by atoms with Gasteiger partial charge in [0.25, 0.3) is 0 Å². The molecule has 11 heteroatoms. The summed E-state index contributed by atoms with van der Waals surface area (Å²) in [4.78, 5) is 42.3. The molecule has 1 aromatic heterocycles. The van der Waals surface area contributed by atoms with E-state index in [1.54, 1.807) is 59.7 Å². The molecule has 1 aromatic carbocycles. The zero-order chi connectivity index (χ0) is 25.7. The molecule has 0 saturated carbocycles. The number of imide groups is 1. The smallest absolute Gasteiger partial charge is 0.425 e. The first-order valence-corrected chi connectivity index (χ1v) is 10.1. The highest BCUT2D eigenvalue weighted by Crippen LogP contribution is 2.31. The predicted octanol–water partition coefficient (Wildman–Crippen LogP) is 5.58. The largest absolute Gasteiger partial charge is 0.443 e. The van der Waals surface area contributed by atoms with Crippen molar-refractivity contribution in [3.05, 3.63) is 48.2 Å². The van der Waals surface area contributed by atoms with Crippen LogP contribution in [0.5, 0.6) is 11.5 Å². The number of benzene rings is 1. The fourth-order valence-electron chi connectivity index (χ4n) is 2.42. The highest BCUT2D eigenvalue weighted by atomic mass is 19.3. The van der Waals surface area contributed by atoms with Gasteiger partial charge in [0.15, 0.2) is 11.6 Å². The molecule has 2 aromatic rings. The first kappa shape index (κ1) is 26.5. The minimum absolute atomic E-state index is 0.206. The second kappa shape index (κ2) is 10.4. The lowest BCUT2D eigenvalue weighted by molar-refractivity contribution is -0.0499. The van der Waals surface area contributed by atoms with Crippen molar-refractivity contribution in [2.75, 3.05) is 4.90 Å². The molecular weight excluding hydrogens is 454 g/mol. The summed E-state index contributed by atoms with van der Waals surface area (Å²) in [5.41, 5.74) is -2.35. The van der Waals surface area contributed by atoms with Gasteiger partial charge in [-0.05, 0) is 53.7 Å². The third-order valence-corrected chi connectivity index (χ3v) is 3.60. The van der Waals surface area contributed by atoms with Crippen LogP contribution in [-0.4, -0.2) is 41.0 Å². The number of hydrogen-bond donors (Lipinski definition) is 0. The van der Waals surface area contributed by atoms with Crippen LogP contribution in [0.2, 0.25) is 0 Å². The highest BCUT2D eigenvalue weighted by molar-refractivity contribution is 6.10. The lowest BCUT2D eigenvalue weighted by atomic mass is 10.2. The number of carbonyl (C=O) groups excluding carboxylic acids is 3. The van der Waals surface area contributed by atoms with Gasteiger partial charge in [0.1, 0.15) is 17.0 Å². The lowest BCUT2D eigenvalue weighted by Gasteiger charge is -2.28. The number of hydrogen-bond acceptors (Lipinski definition) is 8. The zero-order valence-electron chi connectivity index (χ0n) is 19.6. The molecule has 34 heavy (non-hydrogen) atoms. The van der Waals surface area contributed by atoms with Gasteiger partial charge in [0.2, 0.25) is 0 Å². The third kappa shape index (κ3) is 7.98. The average Bonchev–Trinajstić information content (AvgIpc) is 2.66. The molecule has 9 nitrogen and oxygen atoms in total. The molecule has 0 spiro atoms. The van der Waals surface area contributed by atoms with Gasteiger partial charge < -0.3 is 18.9 Å². The second-order valence-electron chi connectivity index (χ2n) is 8.92. The third-order valence-electron chi connectivity index (χ3n) is 3.60.